The first-order valence-electron chi connectivity index (χ1n) is 6.89. The van der Waals surface area contributed by atoms with E-state index in [2.05, 4.69) is 43.1 Å². The minimum Gasteiger partial charge on any atom is -0.381 e. The summed E-state index contributed by atoms with van der Waals surface area (Å²) in [6, 6.07) is 0.425. The summed E-state index contributed by atoms with van der Waals surface area (Å²) in [6.45, 7) is 4.37. The van der Waals surface area contributed by atoms with Gasteiger partial charge >= 0.3 is 0 Å². The van der Waals surface area contributed by atoms with Crippen LogP contribution in [0.15, 0.2) is 23.5 Å². The zero-order valence-corrected chi connectivity index (χ0v) is 13.3. The van der Waals surface area contributed by atoms with Gasteiger partial charge in [0.2, 0.25) is 0 Å². The molecule has 110 valence electrons. The Morgan fingerprint density at radius 3 is 2.80 bits per heavy atom. The van der Waals surface area contributed by atoms with Crippen LogP contribution < -0.4 is 10.6 Å². The molecule has 1 aliphatic rings. The summed E-state index contributed by atoms with van der Waals surface area (Å²) in [4.78, 5) is 8.83. The van der Waals surface area contributed by atoms with Crippen molar-refractivity contribution in [3.8, 4) is 0 Å². The lowest BCUT2D eigenvalue weighted by Crippen LogP contribution is -2.30. The molecule has 0 saturated heterocycles. The van der Waals surface area contributed by atoms with Crippen molar-refractivity contribution >= 4 is 27.6 Å². The monoisotopic (exact) mass is 342 g/mol. The number of halogens is 1. The van der Waals surface area contributed by atoms with Crippen LogP contribution in [0.2, 0.25) is 0 Å². The van der Waals surface area contributed by atoms with E-state index in [1.807, 2.05) is 0 Å². The SMILES string of the molecule is C=[13CH][13CH2]Nc1ncc(Br)nc1N[C@H]1CC[C@H](OC)CC1. The van der Waals surface area contributed by atoms with Crippen LogP contribution in [0.3, 0.4) is 0 Å². The van der Waals surface area contributed by atoms with Crippen molar-refractivity contribution in [3.05, 3.63) is 23.5 Å². The van der Waals surface area contributed by atoms with Crippen molar-refractivity contribution in [2.45, 2.75) is 37.8 Å². The number of hydrogen-bond acceptors (Lipinski definition) is 5. The molecule has 20 heavy (non-hydrogen) atoms. The van der Waals surface area contributed by atoms with E-state index >= 15 is 0 Å². The maximum Gasteiger partial charge on any atom is 0.170 e. The van der Waals surface area contributed by atoms with E-state index < -0.39 is 0 Å². The van der Waals surface area contributed by atoms with Crippen molar-refractivity contribution in [3.63, 3.8) is 0 Å². The summed E-state index contributed by atoms with van der Waals surface area (Å²) < 4.78 is 6.13. The summed E-state index contributed by atoms with van der Waals surface area (Å²) in [5.74, 6) is 1.56. The quantitative estimate of drug-likeness (QED) is 0.614. The number of hydrogen-bond donors (Lipinski definition) is 2. The first-order chi connectivity index (χ1) is 9.72. The molecule has 0 unspecified atom stereocenters. The zero-order chi connectivity index (χ0) is 14.4. The molecule has 1 heterocycles. The lowest BCUT2D eigenvalue weighted by molar-refractivity contribution is 0.0681. The Bertz CT molecular complexity index is 447. The van der Waals surface area contributed by atoms with Crippen molar-refractivity contribution in [2.24, 2.45) is 0 Å². The van der Waals surface area contributed by atoms with Gasteiger partial charge in [-0.3, -0.25) is 0 Å². The van der Waals surface area contributed by atoms with Gasteiger partial charge in [-0.05, 0) is 41.6 Å². The summed E-state index contributed by atoms with van der Waals surface area (Å²) in [5.41, 5.74) is 0. The van der Waals surface area contributed by atoms with E-state index in [4.69, 9.17) is 4.74 Å². The van der Waals surface area contributed by atoms with Crippen LogP contribution in [0.4, 0.5) is 11.6 Å². The average molecular weight is 343 g/mol. The fraction of sp³-hybridized carbons (Fsp3) is 0.571. The summed E-state index contributed by atoms with van der Waals surface area (Å²) in [6.07, 6.45) is 8.26. The summed E-state index contributed by atoms with van der Waals surface area (Å²) in [7, 11) is 1.79. The Balaban J connectivity index is 2.00. The van der Waals surface area contributed by atoms with Gasteiger partial charge in [-0.1, -0.05) is 6.08 Å². The van der Waals surface area contributed by atoms with E-state index in [0.29, 0.717) is 18.7 Å². The minimum absolute atomic E-state index is 0.403. The van der Waals surface area contributed by atoms with E-state index in [-0.39, 0.29) is 0 Å². The summed E-state index contributed by atoms with van der Waals surface area (Å²) >= 11 is 3.37. The van der Waals surface area contributed by atoms with Crippen LogP contribution >= 0.6 is 15.9 Å². The number of aromatic nitrogens is 2. The van der Waals surface area contributed by atoms with Gasteiger partial charge in [-0.15, -0.1) is 6.58 Å². The molecule has 0 amide bonds. The third kappa shape index (κ3) is 4.18. The van der Waals surface area contributed by atoms with Gasteiger partial charge in [0.25, 0.3) is 0 Å². The Hall–Kier alpha value is -1.14. The third-order valence-electron chi connectivity index (χ3n) is 3.51. The Kier molecular flexibility index (Phi) is 5.79. The second-order valence-electron chi connectivity index (χ2n) is 4.91. The van der Waals surface area contributed by atoms with E-state index in [0.717, 1.165) is 41.9 Å². The van der Waals surface area contributed by atoms with Gasteiger partial charge in [0.05, 0.1) is 12.3 Å². The van der Waals surface area contributed by atoms with Gasteiger partial charge < -0.3 is 15.4 Å². The highest BCUT2D eigenvalue weighted by Gasteiger charge is 2.22. The van der Waals surface area contributed by atoms with E-state index in [1.165, 1.54) is 0 Å². The van der Waals surface area contributed by atoms with Gasteiger partial charge in [-0.25, -0.2) is 9.97 Å². The number of rotatable bonds is 6. The largest absolute Gasteiger partial charge is 0.381 e. The molecule has 5 nitrogen and oxygen atoms in total. The molecular formula is C14H21BrN4O. The topological polar surface area (TPSA) is 59.1 Å². The van der Waals surface area contributed by atoms with Crippen LogP contribution in [0.5, 0.6) is 0 Å². The highest BCUT2D eigenvalue weighted by atomic mass is 79.9. The molecule has 0 aliphatic heterocycles. The molecule has 1 saturated carbocycles. The number of nitrogens with zero attached hydrogens (tertiary/aromatic N) is 2. The van der Waals surface area contributed by atoms with Gasteiger partial charge in [0.1, 0.15) is 4.60 Å². The van der Waals surface area contributed by atoms with Crippen LogP contribution in [0.1, 0.15) is 25.7 Å². The molecule has 0 aromatic carbocycles. The second kappa shape index (κ2) is 7.59. The number of nitrogens with one attached hydrogen (secondary N) is 2. The predicted molar refractivity (Wildman–Crippen MR) is 85.1 cm³/mol. The Morgan fingerprint density at radius 1 is 1.40 bits per heavy atom. The lowest BCUT2D eigenvalue weighted by atomic mass is 9.93. The van der Waals surface area contributed by atoms with Gasteiger partial charge in [-0.2, -0.15) is 0 Å². The zero-order valence-electron chi connectivity index (χ0n) is 11.7. The van der Waals surface area contributed by atoms with Crippen molar-refractivity contribution in [1.82, 2.24) is 9.97 Å². The first-order valence-corrected chi connectivity index (χ1v) is 7.69. The molecule has 6 heteroatoms. The molecule has 1 aromatic rings. The van der Waals surface area contributed by atoms with Crippen LogP contribution in [-0.2, 0) is 4.74 Å². The minimum atomic E-state index is 0.403. The molecular weight excluding hydrogens is 322 g/mol. The van der Waals surface area contributed by atoms with Crippen molar-refractivity contribution in [1.29, 1.82) is 0 Å². The number of methoxy groups -OCH3 is 1. The molecule has 2 rings (SSSR count). The first kappa shape index (κ1) is 15.3. The van der Waals surface area contributed by atoms with Gasteiger partial charge in [0, 0.05) is 19.7 Å². The van der Waals surface area contributed by atoms with E-state index in [1.54, 1.807) is 19.4 Å². The van der Waals surface area contributed by atoms with Crippen molar-refractivity contribution < 1.29 is 4.74 Å². The van der Waals surface area contributed by atoms with Crippen LogP contribution in [0, 0.1) is 0 Å². The fourth-order valence-corrected chi connectivity index (χ4v) is 2.68. The molecule has 1 aromatic heterocycles. The molecule has 1 fully saturated rings. The van der Waals surface area contributed by atoms with Crippen LogP contribution in [-0.4, -0.2) is 35.8 Å². The highest BCUT2D eigenvalue weighted by Crippen LogP contribution is 2.26. The molecule has 0 radical (unpaired) electrons. The molecule has 0 spiro atoms. The molecule has 2 N–H and O–H groups in total. The van der Waals surface area contributed by atoms with Crippen LogP contribution in [0.25, 0.3) is 0 Å². The second-order valence-corrected chi connectivity index (χ2v) is 5.73. The standard InChI is InChI=1S/C14H21BrN4O/c1-3-8-16-13-14(19-12(15)9-17-13)18-10-4-6-11(20-2)7-5-10/h3,9-11H,1,4-8H2,2H3,(H,16,17)(H,18,19)/t10-,11-/i3+1,8+1. The molecule has 0 bridgehead atoms. The lowest BCUT2D eigenvalue weighted by Gasteiger charge is -2.29. The predicted octanol–water partition coefficient (Wildman–Crippen LogP) is 3.21. The third-order valence-corrected chi connectivity index (χ3v) is 3.89. The molecule has 0 atom stereocenters. The maximum atomic E-state index is 5.40. The Labute approximate surface area is 128 Å². The fourth-order valence-electron chi connectivity index (χ4n) is 2.40. The summed E-state index contributed by atoms with van der Waals surface area (Å²) in [5, 5.41) is 6.69. The number of anilines is 2. The highest BCUT2D eigenvalue weighted by molar-refractivity contribution is 9.10. The average Bonchev–Trinajstić information content (AvgIpc) is 2.47. The number of ether oxygens (including phenoxy) is 1. The Morgan fingerprint density at radius 2 is 2.15 bits per heavy atom. The smallest absolute Gasteiger partial charge is 0.170 e. The van der Waals surface area contributed by atoms with Crippen molar-refractivity contribution in [2.75, 3.05) is 24.3 Å². The maximum absolute atomic E-state index is 5.40. The normalized spacial score (nSPS) is 22.3. The molecule has 1 aliphatic carbocycles. The van der Waals surface area contributed by atoms with E-state index in [9.17, 15) is 0 Å². The van der Waals surface area contributed by atoms with Gasteiger partial charge in [0.15, 0.2) is 11.6 Å².